The number of carbonyl (C=O) groups is 2. The molecule has 460 valence electrons. The summed E-state index contributed by atoms with van der Waals surface area (Å²) in [5.74, 6) is -0.847. The van der Waals surface area contributed by atoms with Crippen LogP contribution in [0.5, 0.6) is 0 Å². The molecule has 0 bridgehead atoms. The summed E-state index contributed by atoms with van der Waals surface area (Å²) in [6.45, 7) is 13.0. The van der Waals surface area contributed by atoms with Gasteiger partial charge in [-0.25, -0.2) is 33.7 Å². The van der Waals surface area contributed by atoms with Crippen molar-refractivity contribution in [2.75, 3.05) is 36.0 Å². The number of anilines is 1. The van der Waals surface area contributed by atoms with E-state index >= 15 is 0 Å². The van der Waals surface area contributed by atoms with Crippen LogP contribution in [0.2, 0.25) is 0 Å². The number of nitrogens with one attached hydrogen (secondary N) is 1. The van der Waals surface area contributed by atoms with E-state index < -0.39 is 83.1 Å². The SMILES string of the molecule is CC(C)(C)C(=O)CCCCCNC(=O)c1ccc(C(=C\C=C2\N(CCCSOO[O-])c3ccc4c(S(=O)(=O)[O-])cc(S(=O)(=O)[O-])cc4c3C2(C)C)/C=C/C2=[N+](CCCS(=O)(=O)[O-])c3ccc4c(SOO[O-])cc(S(=O)(=O)[O-])cc4c3C2(C)C)nc1. The van der Waals surface area contributed by atoms with Gasteiger partial charge in [0.05, 0.1) is 53.5 Å². The van der Waals surface area contributed by atoms with Crippen molar-refractivity contribution < 1.29 is 95.3 Å². The molecular formula is C55H59N4O20S6-5. The Kier molecular flexibility index (Phi) is 20.8. The first-order chi connectivity index (χ1) is 39.6. The molecule has 1 aromatic heterocycles. The van der Waals surface area contributed by atoms with Crippen molar-refractivity contribution in [3.8, 4) is 0 Å². The van der Waals surface area contributed by atoms with Gasteiger partial charge in [-0.05, 0) is 121 Å². The number of Topliss-reactive ketones (excluding diaryl/α,β-unsaturated/α-hetero) is 1. The summed E-state index contributed by atoms with van der Waals surface area (Å²) in [5.41, 5.74) is 0.563. The third kappa shape index (κ3) is 15.6. The predicted molar refractivity (Wildman–Crippen MR) is 306 cm³/mol. The monoisotopic (exact) mass is 1290 g/mol. The molecule has 85 heavy (non-hydrogen) atoms. The summed E-state index contributed by atoms with van der Waals surface area (Å²) in [4.78, 5) is 29.9. The van der Waals surface area contributed by atoms with E-state index in [9.17, 15) is 72.0 Å². The maximum atomic E-state index is 13.5. The molecule has 0 fully saturated rings. The van der Waals surface area contributed by atoms with Gasteiger partial charge in [-0.1, -0.05) is 53.2 Å². The topological polar surface area (TPSA) is 377 Å². The Bertz CT molecular complexity index is 4030. The van der Waals surface area contributed by atoms with Gasteiger partial charge in [0.25, 0.3) is 5.91 Å². The van der Waals surface area contributed by atoms with Gasteiger partial charge in [-0.3, -0.25) is 24.6 Å². The largest absolute Gasteiger partial charge is 0.748 e. The lowest BCUT2D eigenvalue weighted by molar-refractivity contribution is -0.777. The maximum absolute atomic E-state index is 13.5. The number of hydrogen-bond donors (Lipinski definition) is 1. The summed E-state index contributed by atoms with van der Waals surface area (Å²) in [6, 6.07) is 12.9. The van der Waals surface area contributed by atoms with Crippen LogP contribution in [-0.4, -0.2) is 110 Å². The van der Waals surface area contributed by atoms with Crippen molar-refractivity contribution in [2.24, 2.45) is 5.41 Å². The van der Waals surface area contributed by atoms with Gasteiger partial charge in [0.2, 0.25) is 5.69 Å². The van der Waals surface area contributed by atoms with Crippen LogP contribution in [0.1, 0.15) is 114 Å². The van der Waals surface area contributed by atoms with Gasteiger partial charge in [0, 0.05) is 106 Å². The minimum Gasteiger partial charge on any atom is -0.748 e. The highest BCUT2D eigenvalue weighted by atomic mass is 32.2. The number of amides is 1. The first kappa shape index (κ1) is 67.0. The molecule has 30 heteroatoms. The number of pyridine rings is 1. The second kappa shape index (κ2) is 26.4. The number of hydrogen-bond acceptors (Lipinski definition) is 24. The van der Waals surface area contributed by atoms with Crippen molar-refractivity contribution in [3.63, 3.8) is 0 Å². The number of fused-ring (bicyclic) bond motifs is 6. The van der Waals surface area contributed by atoms with Crippen LogP contribution in [0, 0.1) is 5.41 Å². The number of aromatic nitrogens is 1. The van der Waals surface area contributed by atoms with E-state index in [4.69, 9.17) is 4.98 Å². The molecule has 0 saturated heterocycles. The molecule has 3 heterocycles. The lowest BCUT2D eigenvalue weighted by atomic mass is 9.79. The van der Waals surface area contributed by atoms with Crippen LogP contribution in [0.3, 0.4) is 0 Å². The molecule has 1 amide bonds. The first-order valence-electron chi connectivity index (χ1n) is 26.2. The van der Waals surface area contributed by atoms with Crippen molar-refractivity contribution in [2.45, 2.75) is 117 Å². The normalized spacial score (nSPS) is 16.1. The van der Waals surface area contributed by atoms with Crippen LogP contribution in [0.4, 0.5) is 11.4 Å². The standard InChI is InChI=1S/C55H64N4O20S6/c1-53(2,3)49(60)13-9-8-10-24-56-52(61)35-14-19-42(57-33-35)34(15-22-47-55(6,7)51-41-30-37(84(70,71)72)32-46(85(73,74)75)39(41)18-21-44(51)58(47)25-11-27-80-78-76-62)16-23-48-54(4,5)50-40-29-36(83(67,68)69)31-45(81-79-77-63)38(40)17-20-43(50)59(48)26-12-28-82(64,65)66/h14-23,29-33H,8-13,24-28H2,1-7H3,(H6-,56,61,62,63,64,65,66,67,68,69,70,71,72,73,74,75)/p-5. The smallest absolute Gasteiger partial charge is 0.252 e. The van der Waals surface area contributed by atoms with Crippen LogP contribution < -0.4 is 20.7 Å². The first-order valence-corrected chi connectivity index (χ1v) is 33.6. The zero-order chi connectivity index (χ0) is 62.7. The van der Waals surface area contributed by atoms with Gasteiger partial charge in [0.1, 0.15) is 42.7 Å². The fourth-order valence-corrected chi connectivity index (χ4v) is 13.9. The third-order valence-electron chi connectivity index (χ3n) is 14.6. The molecule has 5 aromatic rings. The Morgan fingerprint density at radius 1 is 0.741 bits per heavy atom. The van der Waals surface area contributed by atoms with Gasteiger partial charge >= 0.3 is 0 Å². The molecule has 0 radical (unpaired) electrons. The van der Waals surface area contributed by atoms with E-state index in [1.165, 1.54) is 18.3 Å². The number of ketones is 1. The molecular weight excluding hydrogens is 1230 g/mol. The second-order valence-corrected chi connectivity index (χ2v) is 29.2. The van der Waals surface area contributed by atoms with Crippen molar-refractivity contribution in [3.05, 3.63) is 119 Å². The number of benzene rings is 4. The Balaban J connectivity index is 1.41. The number of rotatable bonds is 27. The van der Waals surface area contributed by atoms with E-state index in [0.717, 1.165) is 12.1 Å². The Morgan fingerprint density at radius 2 is 1.40 bits per heavy atom. The fraction of sp³-hybridized carbons (Fsp3) is 0.382. The van der Waals surface area contributed by atoms with Gasteiger partial charge in [-0.2, -0.15) is 13.2 Å². The van der Waals surface area contributed by atoms with Crippen LogP contribution in [0.15, 0.2) is 116 Å². The van der Waals surface area contributed by atoms with Crippen LogP contribution in [-0.2, 0) is 74.8 Å². The van der Waals surface area contributed by atoms with Crippen molar-refractivity contribution in [1.29, 1.82) is 0 Å². The Labute approximate surface area is 501 Å². The molecule has 0 unspecified atom stereocenters. The van der Waals surface area contributed by atoms with Gasteiger partial charge in [-0.15, -0.1) is 0 Å². The van der Waals surface area contributed by atoms with E-state index in [-0.39, 0.29) is 63.4 Å². The predicted octanol–water partition coefficient (Wildman–Crippen LogP) is 6.13. The van der Waals surface area contributed by atoms with E-state index in [0.29, 0.717) is 114 Å². The highest BCUT2D eigenvalue weighted by Crippen LogP contribution is 2.52. The highest BCUT2D eigenvalue weighted by molar-refractivity contribution is 7.95. The molecule has 7 rings (SSSR count). The average molecular weight is 1290 g/mol. The minimum absolute atomic E-state index is 0.0227. The quantitative estimate of drug-likeness (QED) is 0.0117. The molecule has 2 aliphatic heterocycles. The summed E-state index contributed by atoms with van der Waals surface area (Å²) >= 11 is 1.08. The van der Waals surface area contributed by atoms with Gasteiger partial charge in [0.15, 0.2) is 5.71 Å². The second-order valence-electron chi connectivity index (χ2n) is 22.1. The molecule has 4 aromatic carbocycles. The molecule has 0 atom stereocenters. The van der Waals surface area contributed by atoms with Gasteiger partial charge < -0.3 is 38.9 Å². The Hall–Kier alpha value is -5.52. The summed E-state index contributed by atoms with van der Waals surface area (Å²) < 4.78 is 160. The lowest BCUT2D eigenvalue weighted by Crippen LogP contribution is -2.28. The number of nitrogens with zero attached hydrogens (tertiary/aromatic N) is 3. The van der Waals surface area contributed by atoms with Crippen molar-refractivity contribution in [1.82, 2.24) is 10.3 Å². The number of carbonyl (C=O) groups excluding carboxylic acids is 2. The van der Waals surface area contributed by atoms with E-state index in [1.807, 2.05) is 25.7 Å². The molecule has 2 aliphatic rings. The maximum Gasteiger partial charge on any atom is 0.252 e. The number of allylic oxidation sites excluding steroid dienone is 6. The molecule has 0 aliphatic carbocycles. The third-order valence-corrected chi connectivity index (χ3v) is 19.2. The number of unbranched alkanes of at least 4 members (excludes halogenated alkanes) is 2. The summed E-state index contributed by atoms with van der Waals surface area (Å²) in [5, 5.41) is 31.9. The molecule has 24 nitrogen and oxygen atoms in total. The average Bonchev–Trinajstić information content (AvgIpc) is 1.64. The zero-order valence-electron chi connectivity index (χ0n) is 46.9. The summed E-state index contributed by atoms with van der Waals surface area (Å²) in [7, 11) is -20.6. The van der Waals surface area contributed by atoms with Crippen molar-refractivity contribution >= 4 is 120 Å². The van der Waals surface area contributed by atoms with Crippen LogP contribution in [0.25, 0.3) is 27.1 Å². The fourth-order valence-electron chi connectivity index (χ4n) is 10.6. The van der Waals surface area contributed by atoms with E-state index in [1.54, 1.807) is 86.9 Å². The Morgan fingerprint density at radius 3 is 2.01 bits per heavy atom. The van der Waals surface area contributed by atoms with E-state index in [2.05, 4.69) is 24.1 Å². The molecule has 1 N–H and O–H groups in total. The molecule has 0 saturated carbocycles. The lowest BCUT2D eigenvalue weighted by Gasteiger charge is -2.27. The highest BCUT2D eigenvalue weighted by Gasteiger charge is 2.46. The minimum atomic E-state index is -5.37. The van der Waals surface area contributed by atoms with Crippen LogP contribution >= 0.6 is 24.1 Å². The zero-order valence-corrected chi connectivity index (χ0v) is 51.8. The molecule has 0 spiro atoms. The summed E-state index contributed by atoms with van der Waals surface area (Å²) in [6.07, 6.45) is 10.6.